The van der Waals surface area contributed by atoms with E-state index in [0.29, 0.717) is 23.2 Å². The van der Waals surface area contributed by atoms with Crippen LogP contribution in [0.1, 0.15) is 48.7 Å². The number of hydrogen-bond acceptors (Lipinski definition) is 7. The maximum atomic E-state index is 12.5. The number of pyridine rings is 1. The van der Waals surface area contributed by atoms with Crippen molar-refractivity contribution in [2.24, 2.45) is 10.3 Å². The van der Waals surface area contributed by atoms with Crippen LogP contribution in [0.15, 0.2) is 34.6 Å². The number of anilines is 1. The lowest BCUT2D eigenvalue weighted by Gasteiger charge is -2.33. The molecule has 0 bridgehead atoms. The molecular formula is C20H20N4O2S. The average molecular weight is 380 g/mol. The monoisotopic (exact) mass is 380 g/mol. The molecule has 138 valence electrons. The third kappa shape index (κ3) is 2.60. The number of hydrogen-bond donors (Lipinski definition) is 0. The van der Waals surface area contributed by atoms with Gasteiger partial charge >= 0.3 is 5.97 Å². The van der Waals surface area contributed by atoms with Gasteiger partial charge in [-0.3, -0.25) is 0 Å². The first kappa shape index (κ1) is 16.6. The summed E-state index contributed by atoms with van der Waals surface area (Å²) in [5.74, 6) is -0.351. The van der Waals surface area contributed by atoms with Crippen LogP contribution in [0.5, 0.6) is 0 Å². The molecule has 0 saturated heterocycles. The van der Waals surface area contributed by atoms with Gasteiger partial charge in [-0.1, -0.05) is 42.7 Å². The second-order valence-electron chi connectivity index (χ2n) is 6.98. The van der Waals surface area contributed by atoms with E-state index in [4.69, 9.17) is 9.72 Å². The standard InChI is InChI=1S/C20H20N4O2S/c1-2-26-20(25)18-16-15-17(24(23-22-16)12-8-4-3-5-9-12)13-10-6-7-11-14(13)21-19(15)27-18/h6-7,10-12H,2-5,8-9H2,1H3. The van der Waals surface area contributed by atoms with Crippen LogP contribution in [-0.2, 0) is 4.74 Å². The van der Waals surface area contributed by atoms with Crippen molar-refractivity contribution in [2.45, 2.75) is 45.1 Å². The summed E-state index contributed by atoms with van der Waals surface area (Å²) in [6.45, 7) is 2.14. The topological polar surface area (TPSA) is 67.1 Å². The number of fused-ring (bicyclic) bond motifs is 2. The molecule has 6 nitrogen and oxygen atoms in total. The van der Waals surface area contributed by atoms with Crippen molar-refractivity contribution in [1.82, 2.24) is 4.98 Å². The highest BCUT2D eigenvalue weighted by atomic mass is 32.1. The zero-order valence-corrected chi connectivity index (χ0v) is 16.0. The van der Waals surface area contributed by atoms with Gasteiger partial charge in [0.05, 0.1) is 29.2 Å². The van der Waals surface area contributed by atoms with Crippen molar-refractivity contribution in [1.29, 1.82) is 0 Å². The number of aromatic nitrogens is 1. The Balaban J connectivity index is 1.77. The molecule has 2 aliphatic rings. The number of carbonyl (C=O) groups excluding carboxylic acids is 1. The minimum absolute atomic E-state index is 0.333. The molecule has 0 atom stereocenters. The number of benzene rings is 1. The summed E-state index contributed by atoms with van der Waals surface area (Å²) >= 11 is 1.35. The molecule has 1 fully saturated rings. The number of thiophene rings is 1. The van der Waals surface area contributed by atoms with Gasteiger partial charge in [0, 0.05) is 5.39 Å². The highest BCUT2D eigenvalue weighted by Crippen LogP contribution is 2.49. The van der Waals surface area contributed by atoms with E-state index in [-0.39, 0.29) is 5.97 Å². The molecule has 5 rings (SSSR count). The Morgan fingerprint density at radius 2 is 2.07 bits per heavy atom. The van der Waals surface area contributed by atoms with Crippen LogP contribution in [-0.4, -0.2) is 23.6 Å². The lowest BCUT2D eigenvalue weighted by molar-refractivity contribution is 0.0533. The quantitative estimate of drug-likeness (QED) is 0.540. The van der Waals surface area contributed by atoms with Gasteiger partial charge in [0.1, 0.15) is 15.4 Å². The highest BCUT2D eigenvalue weighted by molar-refractivity contribution is 7.21. The molecule has 1 aliphatic heterocycles. The average Bonchev–Trinajstić information content (AvgIpc) is 3.08. The first-order valence-electron chi connectivity index (χ1n) is 9.51. The van der Waals surface area contributed by atoms with Gasteiger partial charge in [-0.05, 0) is 25.8 Å². The Morgan fingerprint density at radius 1 is 1.26 bits per heavy atom. The molecule has 3 aromatic rings. The fourth-order valence-corrected chi connectivity index (χ4v) is 5.12. The molecular weight excluding hydrogens is 360 g/mol. The van der Waals surface area contributed by atoms with Crippen molar-refractivity contribution in [2.75, 3.05) is 11.6 Å². The smallest absolute Gasteiger partial charge is 0.350 e. The summed E-state index contributed by atoms with van der Waals surface area (Å²) in [5.41, 5.74) is 2.56. The molecule has 2 aromatic heterocycles. The van der Waals surface area contributed by atoms with E-state index in [0.717, 1.165) is 39.6 Å². The maximum Gasteiger partial charge on any atom is 0.350 e. The van der Waals surface area contributed by atoms with Gasteiger partial charge in [-0.25, -0.2) is 14.8 Å². The number of para-hydroxylation sites is 1. The Kier molecular flexibility index (Phi) is 4.04. The highest BCUT2D eigenvalue weighted by Gasteiger charge is 2.32. The normalized spacial score (nSPS) is 17.0. The minimum atomic E-state index is -0.351. The second kappa shape index (κ2) is 6.56. The van der Waals surface area contributed by atoms with E-state index in [1.54, 1.807) is 6.92 Å². The molecule has 0 N–H and O–H groups in total. The van der Waals surface area contributed by atoms with Crippen molar-refractivity contribution < 1.29 is 9.53 Å². The lowest BCUT2D eigenvalue weighted by Crippen LogP contribution is -2.33. The van der Waals surface area contributed by atoms with Crippen molar-refractivity contribution in [3.8, 4) is 0 Å². The van der Waals surface area contributed by atoms with Crippen molar-refractivity contribution in [3.05, 3.63) is 29.1 Å². The molecule has 0 radical (unpaired) electrons. The summed E-state index contributed by atoms with van der Waals surface area (Å²) in [5, 5.41) is 13.1. The van der Waals surface area contributed by atoms with Crippen LogP contribution in [0.3, 0.4) is 0 Å². The molecule has 0 unspecified atom stereocenters. The Labute approximate surface area is 160 Å². The number of esters is 1. The van der Waals surface area contributed by atoms with Crippen LogP contribution < -0.4 is 5.01 Å². The van der Waals surface area contributed by atoms with E-state index in [1.165, 1.54) is 30.6 Å². The summed E-state index contributed by atoms with van der Waals surface area (Å²) < 4.78 is 5.23. The van der Waals surface area contributed by atoms with E-state index in [2.05, 4.69) is 21.4 Å². The zero-order chi connectivity index (χ0) is 18.4. The third-order valence-electron chi connectivity index (χ3n) is 5.33. The molecule has 1 aliphatic carbocycles. The maximum absolute atomic E-state index is 12.5. The number of carbonyl (C=O) groups is 1. The number of ether oxygens (including phenoxy) is 1. The fourth-order valence-electron chi connectivity index (χ4n) is 4.11. The SMILES string of the molecule is CCOC(=O)c1sc2nc3ccccc3c3c2c1N=NN3C1CCCCC1. The lowest BCUT2D eigenvalue weighted by atomic mass is 9.94. The first-order chi connectivity index (χ1) is 13.3. The second-order valence-corrected chi connectivity index (χ2v) is 7.98. The molecule has 7 heteroatoms. The number of rotatable bonds is 3. The van der Waals surface area contributed by atoms with Crippen LogP contribution in [0.2, 0.25) is 0 Å². The third-order valence-corrected chi connectivity index (χ3v) is 6.39. The summed E-state index contributed by atoms with van der Waals surface area (Å²) in [4.78, 5) is 18.6. The van der Waals surface area contributed by atoms with Gasteiger partial charge in [0.2, 0.25) is 0 Å². The van der Waals surface area contributed by atoms with Crippen LogP contribution in [0.4, 0.5) is 11.4 Å². The predicted molar refractivity (Wildman–Crippen MR) is 107 cm³/mol. The molecule has 0 amide bonds. The Bertz CT molecular complexity index is 1070. The van der Waals surface area contributed by atoms with Gasteiger partial charge < -0.3 is 4.74 Å². The number of nitrogens with zero attached hydrogens (tertiary/aromatic N) is 4. The van der Waals surface area contributed by atoms with Gasteiger partial charge in [0.15, 0.2) is 0 Å². The summed E-state index contributed by atoms with van der Waals surface area (Å²) in [6.07, 6.45) is 5.94. The van der Waals surface area contributed by atoms with Crippen LogP contribution in [0, 0.1) is 0 Å². The minimum Gasteiger partial charge on any atom is -0.462 e. The molecule has 1 saturated carbocycles. The summed E-state index contributed by atoms with van der Waals surface area (Å²) in [6, 6.07) is 8.45. The Morgan fingerprint density at radius 3 is 2.89 bits per heavy atom. The van der Waals surface area contributed by atoms with Gasteiger partial charge in [0.25, 0.3) is 0 Å². The van der Waals surface area contributed by atoms with Crippen LogP contribution >= 0.6 is 11.3 Å². The zero-order valence-electron chi connectivity index (χ0n) is 15.1. The first-order valence-corrected chi connectivity index (χ1v) is 10.3. The van der Waals surface area contributed by atoms with Gasteiger partial charge in [-0.2, -0.15) is 0 Å². The molecule has 3 heterocycles. The molecule has 27 heavy (non-hydrogen) atoms. The predicted octanol–water partition coefficient (Wildman–Crippen LogP) is 5.78. The Hall–Kier alpha value is -2.54. The van der Waals surface area contributed by atoms with E-state index in [1.807, 2.05) is 18.2 Å². The van der Waals surface area contributed by atoms with E-state index in [9.17, 15) is 4.79 Å². The van der Waals surface area contributed by atoms with E-state index >= 15 is 0 Å². The van der Waals surface area contributed by atoms with Crippen molar-refractivity contribution >= 4 is 49.8 Å². The fraction of sp³-hybridized carbons (Fsp3) is 0.400. The van der Waals surface area contributed by atoms with Crippen molar-refractivity contribution in [3.63, 3.8) is 0 Å². The van der Waals surface area contributed by atoms with E-state index < -0.39 is 0 Å². The molecule has 0 spiro atoms. The molecule has 1 aromatic carbocycles. The largest absolute Gasteiger partial charge is 0.462 e. The van der Waals surface area contributed by atoms with Gasteiger partial charge in [-0.15, -0.1) is 16.5 Å². The van der Waals surface area contributed by atoms with Crippen LogP contribution in [0.25, 0.3) is 21.1 Å². The summed E-state index contributed by atoms with van der Waals surface area (Å²) in [7, 11) is 0.